The first-order valence-corrected chi connectivity index (χ1v) is 14.8. The Kier molecular flexibility index (Phi) is 8.86. The van der Waals surface area contributed by atoms with E-state index in [-0.39, 0.29) is 17.1 Å². The highest BCUT2D eigenvalue weighted by atomic mass is 32.2. The Morgan fingerprint density at radius 1 is 0.878 bits per heavy atom. The highest BCUT2D eigenvalue weighted by molar-refractivity contribution is 8.00. The third kappa shape index (κ3) is 6.70. The molecule has 0 aliphatic heterocycles. The Balaban J connectivity index is 1.23. The lowest BCUT2D eigenvalue weighted by Crippen LogP contribution is -2.24. The SMILES string of the molecule is CCC(Sc1cccc(NC(=O)c2ccc(OC)c(OC)c2)c1)C(=O)Nc1nc(-c2ccc3ccccc3c2)cs1. The molecule has 1 unspecified atom stereocenters. The number of rotatable bonds is 10. The lowest BCUT2D eigenvalue weighted by Gasteiger charge is -2.14. The van der Waals surface area contributed by atoms with Gasteiger partial charge in [0.25, 0.3) is 5.91 Å². The Bertz CT molecular complexity index is 1700. The average molecular weight is 584 g/mol. The van der Waals surface area contributed by atoms with Crippen LogP contribution in [0.4, 0.5) is 10.8 Å². The van der Waals surface area contributed by atoms with Crippen LogP contribution in [-0.2, 0) is 4.79 Å². The minimum absolute atomic E-state index is 0.114. The summed E-state index contributed by atoms with van der Waals surface area (Å²) < 4.78 is 10.6. The Hall–Kier alpha value is -4.34. The molecule has 0 saturated heterocycles. The summed E-state index contributed by atoms with van der Waals surface area (Å²) in [5, 5.41) is 10.4. The molecule has 0 radical (unpaired) electrons. The van der Waals surface area contributed by atoms with Crippen molar-refractivity contribution in [1.29, 1.82) is 0 Å². The van der Waals surface area contributed by atoms with E-state index in [1.165, 1.54) is 35.6 Å². The van der Waals surface area contributed by atoms with Gasteiger partial charge in [0.05, 0.1) is 25.2 Å². The van der Waals surface area contributed by atoms with Crippen molar-refractivity contribution in [2.24, 2.45) is 0 Å². The number of ether oxygens (including phenoxy) is 2. The number of methoxy groups -OCH3 is 2. The summed E-state index contributed by atoms with van der Waals surface area (Å²) in [6.45, 7) is 1.97. The maximum absolute atomic E-state index is 13.2. The number of thiazole rings is 1. The third-order valence-corrected chi connectivity index (χ3v) is 8.57. The van der Waals surface area contributed by atoms with E-state index in [1.54, 1.807) is 25.3 Å². The van der Waals surface area contributed by atoms with E-state index in [4.69, 9.17) is 9.47 Å². The molecule has 208 valence electrons. The normalized spacial score (nSPS) is 11.6. The number of fused-ring (bicyclic) bond motifs is 1. The van der Waals surface area contributed by atoms with Gasteiger partial charge < -0.3 is 20.1 Å². The van der Waals surface area contributed by atoms with E-state index in [1.807, 2.05) is 54.8 Å². The molecule has 0 aliphatic rings. The molecule has 1 atom stereocenters. The van der Waals surface area contributed by atoms with Crippen molar-refractivity contribution in [3.8, 4) is 22.8 Å². The predicted molar refractivity (Wildman–Crippen MR) is 168 cm³/mol. The topological polar surface area (TPSA) is 89.5 Å². The molecule has 1 heterocycles. The van der Waals surface area contributed by atoms with Crippen LogP contribution in [0.3, 0.4) is 0 Å². The number of anilines is 2. The van der Waals surface area contributed by atoms with Gasteiger partial charge >= 0.3 is 0 Å². The number of nitrogens with one attached hydrogen (secondary N) is 2. The van der Waals surface area contributed by atoms with Gasteiger partial charge in [0.15, 0.2) is 16.6 Å². The predicted octanol–water partition coefficient (Wildman–Crippen LogP) is 7.74. The van der Waals surface area contributed by atoms with Gasteiger partial charge in [-0.1, -0.05) is 49.4 Å². The fourth-order valence-electron chi connectivity index (χ4n) is 4.31. The molecule has 0 aliphatic carbocycles. The lowest BCUT2D eigenvalue weighted by molar-refractivity contribution is -0.115. The van der Waals surface area contributed by atoms with E-state index < -0.39 is 0 Å². The van der Waals surface area contributed by atoms with Crippen LogP contribution in [0.5, 0.6) is 11.5 Å². The molecule has 41 heavy (non-hydrogen) atoms. The quantitative estimate of drug-likeness (QED) is 0.164. The number of amides is 2. The zero-order valence-corrected chi connectivity index (χ0v) is 24.5. The number of hydrogen-bond donors (Lipinski definition) is 2. The summed E-state index contributed by atoms with van der Waals surface area (Å²) >= 11 is 2.85. The summed E-state index contributed by atoms with van der Waals surface area (Å²) in [5.41, 5.74) is 2.91. The zero-order chi connectivity index (χ0) is 28.8. The molecule has 2 N–H and O–H groups in total. The van der Waals surface area contributed by atoms with Crippen LogP contribution in [0, 0.1) is 0 Å². The van der Waals surface area contributed by atoms with Crippen LogP contribution >= 0.6 is 23.1 Å². The molecule has 7 nitrogen and oxygen atoms in total. The molecule has 2 amide bonds. The van der Waals surface area contributed by atoms with Gasteiger partial charge in [0.1, 0.15) is 0 Å². The van der Waals surface area contributed by atoms with Gasteiger partial charge in [-0.25, -0.2) is 4.98 Å². The standard InChI is InChI=1S/C32H29N3O4S2/c1-4-29(31(37)35-32-34-26(19-40-32)22-13-12-20-8-5-6-9-21(20)16-22)41-25-11-7-10-24(18-25)33-30(36)23-14-15-27(38-2)28(17-23)39-3/h5-19,29H,4H2,1-3H3,(H,33,36)(H,34,35,37). The molecular weight excluding hydrogens is 555 g/mol. The lowest BCUT2D eigenvalue weighted by atomic mass is 10.1. The van der Waals surface area contributed by atoms with E-state index in [0.717, 1.165) is 21.5 Å². The minimum atomic E-state index is -0.334. The average Bonchev–Trinajstić information content (AvgIpc) is 3.47. The van der Waals surface area contributed by atoms with Crippen molar-refractivity contribution in [3.63, 3.8) is 0 Å². The van der Waals surface area contributed by atoms with Crippen LogP contribution in [-0.4, -0.2) is 36.3 Å². The maximum atomic E-state index is 13.2. The van der Waals surface area contributed by atoms with Gasteiger partial charge in [-0.3, -0.25) is 9.59 Å². The number of carbonyl (C=O) groups is 2. The second-order valence-corrected chi connectivity index (χ2v) is 11.3. The first-order valence-electron chi connectivity index (χ1n) is 13.0. The number of carbonyl (C=O) groups excluding carboxylic acids is 2. The molecule has 0 fully saturated rings. The monoisotopic (exact) mass is 583 g/mol. The van der Waals surface area contributed by atoms with Crippen molar-refractivity contribution in [2.45, 2.75) is 23.5 Å². The first-order chi connectivity index (χ1) is 20.0. The summed E-state index contributed by atoms with van der Waals surface area (Å²) in [6.07, 6.45) is 0.627. The second kappa shape index (κ2) is 12.9. The molecule has 1 aromatic heterocycles. The van der Waals surface area contributed by atoms with Crippen LogP contribution in [0.15, 0.2) is 95.2 Å². The highest BCUT2D eigenvalue weighted by Crippen LogP contribution is 2.32. The molecule has 0 spiro atoms. The zero-order valence-electron chi connectivity index (χ0n) is 22.8. The summed E-state index contributed by atoms with van der Waals surface area (Å²) in [4.78, 5) is 31.6. The van der Waals surface area contributed by atoms with Crippen molar-refractivity contribution >= 4 is 56.5 Å². The Labute approximate surface area is 246 Å². The van der Waals surface area contributed by atoms with E-state index in [9.17, 15) is 9.59 Å². The smallest absolute Gasteiger partial charge is 0.255 e. The molecule has 0 saturated carbocycles. The first kappa shape index (κ1) is 28.2. The van der Waals surface area contributed by atoms with Crippen molar-refractivity contribution in [1.82, 2.24) is 4.98 Å². The van der Waals surface area contributed by atoms with Crippen molar-refractivity contribution < 1.29 is 19.1 Å². The van der Waals surface area contributed by atoms with E-state index >= 15 is 0 Å². The molecule has 5 aromatic rings. The van der Waals surface area contributed by atoms with Crippen LogP contribution in [0.25, 0.3) is 22.0 Å². The van der Waals surface area contributed by atoms with Crippen LogP contribution < -0.4 is 20.1 Å². The molecule has 0 bridgehead atoms. The fourth-order valence-corrected chi connectivity index (χ4v) is 6.05. The number of aromatic nitrogens is 1. The van der Waals surface area contributed by atoms with E-state index in [2.05, 4.69) is 39.9 Å². The number of hydrogen-bond acceptors (Lipinski definition) is 7. The largest absolute Gasteiger partial charge is 0.493 e. The molecule has 9 heteroatoms. The minimum Gasteiger partial charge on any atom is -0.493 e. The second-order valence-electron chi connectivity index (χ2n) is 9.16. The van der Waals surface area contributed by atoms with Gasteiger partial charge in [-0.15, -0.1) is 23.1 Å². The highest BCUT2D eigenvalue weighted by Gasteiger charge is 2.20. The van der Waals surface area contributed by atoms with Gasteiger partial charge in [-0.05, 0) is 59.7 Å². The van der Waals surface area contributed by atoms with Crippen LogP contribution in [0.1, 0.15) is 23.7 Å². The number of benzene rings is 4. The third-order valence-electron chi connectivity index (χ3n) is 6.46. The van der Waals surface area contributed by atoms with E-state index in [0.29, 0.717) is 34.3 Å². The molecular formula is C32H29N3O4S2. The van der Waals surface area contributed by atoms with Gasteiger partial charge in [-0.2, -0.15) is 0 Å². The van der Waals surface area contributed by atoms with Crippen LogP contribution in [0.2, 0.25) is 0 Å². The Morgan fingerprint density at radius 2 is 1.68 bits per heavy atom. The van der Waals surface area contributed by atoms with Crippen molar-refractivity contribution in [3.05, 3.63) is 95.9 Å². The summed E-state index contributed by atoms with van der Waals surface area (Å²) in [5.74, 6) is 0.639. The van der Waals surface area contributed by atoms with Gasteiger partial charge in [0.2, 0.25) is 5.91 Å². The molecule has 4 aromatic carbocycles. The maximum Gasteiger partial charge on any atom is 0.255 e. The number of thioether (sulfide) groups is 1. The van der Waals surface area contributed by atoms with Crippen molar-refractivity contribution in [2.75, 3.05) is 24.9 Å². The fraction of sp³-hybridized carbons (Fsp3) is 0.156. The summed E-state index contributed by atoms with van der Waals surface area (Å²) in [7, 11) is 3.07. The Morgan fingerprint density at radius 3 is 2.46 bits per heavy atom. The summed E-state index contributed by atoms with van der Waals surface area (Å²) in [6, 6.07) is 26.9. The van der Waals surface area contributed by atoms with Gasteiger partial charge in [0, 0.05) is 27.1 Å². The molecule has 5 rings (SSSR count). The number of nitrogens with zero attached hydrogens (tertiary/aromatic N) is 1.